The summed E-state index contributed by atoms with van der Waals surface area (Å²) in [7, 11) is 1.61. The average Bonchev–Trinajstić information content (AvgIpc) is 2.82. The maximum absolute atomic E-state index is 10.9. The first-order chi connectivity index (χ1) is 8.69. The third kappa shape index (κ3) is 1.48. The van der Waals surface area contributed by atoms with Gasteiger partial charge in [-0.3, -0.25) is 4.40 Å². The number of nitrogens with zero attached hydrogens (tertiary/aromatic N) is 2. The Hall–Kier alpha value is -2.56. The SMILES string of the molecule is COc1ccc2c(ccc3nc(C(=O)O)cn32)c1. The van der Waals surface area contributed by atoms with Crippen LogP contribution in [0.4, 0.5) is 0 Å². The molecule has 5 nitrogen and oxygen atoms in total. The number of aromatic carboxylic acids is 1. The summed E-state index contributed by atoms with van der Waals surface area (Å²) in [5.74, 6) is -0.263. The number of aromatic nitrogens is 2. The summed E-state index contributed by atoms with van der Waals surface area (Å²) in [6.07, 6.45) is 1.52. The molecule has 5 heteroatoms. The standard InChI is InChI=1S/C13H10N2O3/c1-18-9-3-4-11-8(6-9)2-5-12-14-10(13(16)17)7-15(11)12/h2-7H,1H3,(H,16,17). The molecular weight excluding hydrogens is 232 g/mol. The number of pyridine rings is 1. The molecule has 0 saturated heterocycles. The monoisotopic (exact) mass is 242 g/mol. The average molecular weight is 242 g/mol. The Bertz CT molecular complexity index is 761. The van der Waals surface area contributed by atoms with Crippen molar-refractivity contribution in [1.29, 1.82) is 0 Å². The Kier molecular flexibility index (Phi) is 2.19. The minimum Gasteiger partial charge on any atom is -0.497 e. The van der Waals surface area contributed by atoms with Crippen LogP contribution in [0.2, 0.25) is 0 Å². The number of imidazole rings is 1. The number of ether oxygens (including phenoxy) is 1. The van der Waals surface area contributed by atoms with Crippen LogP contribution in [0.3, 0.4) is 0 Å². The minimum atomic E-state index is -1.03. The van der Waals surface area contributed by atoms with E-state index in [1.165, 1.54) is 6.20 Å². The van der Waals surface area contributed by atoms with Crippen molar-refractivity contribution in [2.45, 2.75) is 0 Å². The highest BCUT2D eigenvalue weighted by Crippen LogP contribution is 2.22. The molecule has 1 aromatic carbocycles. The van der Waals surface area contributed by atoms with Gasteiger partial charge >= 0.3 is 5.97 Å². The summed E-state index contributed by atoms with van der Waals surface area (Å²) >= 11 is 0. The van der Waals surface area contributed by atoms with Crippen LogP contribution in [0.15, 0.2) is 36.5 Å². The van der Waals surface area contributed by atoms with Crippen LogP contribution in [0.25, 0.3) is 16.6 Å². The minimum absolute atomic E-state index is 0.0401. The number of carboxylic acid groups (broad SMARTS) is 1. The Balaban J connectivity index is 2.34. The summed E-state index contributed by atoms with van der Waals surface area (Å²) in [5.41, 5.74) is 1.55. The van der Waals surface area contributed by atoms with E-state index in [1.54, 1.807) is 17.6 Å². The van der Waals surface area contributed by atoms with Crippen LogP contribution in [-0.4, -0.2) is 27.6 Å². The third-order valence-electron chi connectivity index (χ3n) is 2.86. The number of carboxylic acids is 1. The van der Waals surface area contributed by atoms with Crippen molar-refractivity contribution in [2.75, 3.05) is 7.11 Å². The van der Waals surface area contributed by atoms with E-state index in [2.05, 4.69) is 4.98 Å². The molecule has 0 radical (unpaired) electrons. The predicted octanol–water partition coefficient (Wildman–Crippen LogP) is 2.19. The lowest BCUT2D eigenvalue weighted by Gasteiger charge is -2.04. The van der Waals surface area contributed by atoms with Gasteiger partial charge in [0.05, 0.1) is 12.6 Å². The molecule has 0 unspecified atom stereocenters. The van der Waals surface area contributed by atoms with Crippen LogP contribution in [0.1, 0.15) is 10.5 Å². The van der Waals surface area contributed by atoms with Crippen molar-refractivity contribution in [3.05, 3.63) is 42.2 Å². The first-order valence-corrected chi connectivity index (χ1v) is 5.38. The molecule has 0 atom stereocenters. The van der Waals surface area contributed by atoms with E-state index in [1.807, 2.05) is 24.3 Å². The molecule has 0 saturated carbocycles. The highest BCUT2D eigenvalue weighted by molar-refractivity contribution is 5.88. The summed E-state index contributed by atoms with van der Waals surface area (Å²) in [5, 5.41) is 9.91. The van der Waals surface area contributed by atoms with Gasteiger partial charge in [0, 0.05) is 11.6 Å². The smallest absolute Gasteiger partial charge is 0.356 e. The maximum atomic E-state index is 10.9. The predicted molar refractivity (Wildman–Crippen MR) is 66.2 cm³/mol. The molecule has 18 heavy (non-hydrogen) atoms. The second-order valence-corrected chi connectivity index (χ2v) is 3.92. The van der Waals surface area contributed by atoms with E-state index in [0.29, 0.717) is 5.65 Å². The van der Waals surface area contributed by atoms with Gasteiger partial charge in [-0.15, -0.1) is 0 Å². The lowest BCUT2D eigenvalue weighted by Crippen LogP contribution is -1.94. The van der Waals surface area contributed by atoms with E-state index in [-0.39, 0.29) is 5.69 Å². The van der Waals surface area contributed by atoms with Gasteiger partial charge in [-0.2, -0.15) is 0 Å². The quantitative estimate of drug-likeness (QED) is 0.748. The number of hydrogen-bond donors (Lipinski definition) is 1. The molecule has 90 valence electrons. The molecule has 0 amide bonds. The van der Waals surface area contributed by atoms with Gasteiger partial charge in [-0.05, 0) is 30.3 Å². The highest BCUT2D eigenvalue weighted by atomic mass is 16.5. The summed E-state index contributed by atoms with van der Waals surface area (Å²) in [6, 6.07) is 9.30. The van der Waals surface area contributed by atoms with Crippen LogP contribution >= 0.6 is 0 Å². The zero-order valence-electron chi connectivity index (χ0n) is 9.62. The Morgan fingerprint density at radius 2 is 2.17 bits per heavy atom. The molecule has 0 spiro atoms. The van der Waals surface area contributed by atoms with Crippen LogP contribution in [0, 0.1) is 0 Å². The highest BCUT2D eigenvalue weighted by Gasteiger charge is 2.10. The van der Waals surface area contributed by atoms with Gasteiger partial charge in [0.15, 0.2) is 5.69 Å². The molecule has 1 N–H and O–H groups in total. The normalized spacial score (nSPS) is 10.9. The Morgan fingerprint density at radius 1 is 1.33 bits per heavy atom. The second-order valence-electron chi connectivity index (χ2n) is 3.92. The molecule has 0 aliphatic rings. The third-order valence-corrected chi connectivity index (χ3v) is 2.86. The summed E-state index contributed by atoms with van der Waals surface area (Å²) < 4.78 is 6.92. The van der Waals surface area contributed by atoms with Crippen LogP contribution in [0.5, 0.6) is 5.75 Å². The van der Waals surface area contributed by atoms with Gasteiger partial charge in [0.1, 0.15) is 11.4 Å². The van der Waals surface area contributed by atoms with Crippen molar-refractivity contribution in [3.63, 3.8) is 0 Å². The molecule has 2 heterocycles. The van der Waals surface area contributed by atoms with Crippen LogP contribution in [-0.2, 0) is 0 Å². The number of benzene rings is 1. The summed E-state index contributed by atoms with van der Waals surface area (Å²) in [6.45, 7) is 0. The van der Waals surface area contributed by atoms with Gasteiger partial charge in [0.2, 0.25) is 0 Å². The van der Waals surface area contributed by atoms with Crippen LogP contribution < -0.4 is 4.74 Å². The number of methoxy groups -OCH3 is 1. The van der Waals surface area contributed by atoms with Crippen molar-refractivity contribution in [1.82, 2.24) is 9.38 Å². The topological polar surface area (TPSA) is 63.8 Å². The van der Waals surface area contributed by atoms with E-state index < -0.39 is 5.97 Å². The molecule has 0 aliphatic heterocycles. The molecule has 0 bridgehead atoms. The van der Waals surface area contributed by atoms with Gasteiger partial charge in [-0.25, -0.2) is 9.78 Å². The molecular formula is C13H10N2O3. The first-order valence-electron chi connectivity index (χ1n) is 5.38. The largest absolute Gasteiger partial charge is 0.497 e. The Labute approximate surface area is 102 Å². The van der Waals surface area contributed by atoms with E-state index in [9.17, 15) is 4.79 Å². The van der Waals surface area contributed by atoms with Crippen molar-refractivity contribution in [2.24, 2.45) is 0 Å². The number of fused-ring (bicyclic) bond motifs is 3. The van der Waals surface area contributed by atoms with Crippen molar-refractivity contribution in [3.8, 4) is 5.75 Å². The summed E-state index contributed by atoms with van der Waals surface area (Å²) in [4.78, 5) is 14.9. The molecule has 0 aliphatic carbocycles. The zero-order valence-corrected chi connectivity index (χ0v) is 9.62. The van der Waals surface area contributed by atoms with Gasteiger partial charge in [0.25, 0.3) is 0 Å². The second kappa shape index (κ2) is 3.73. The molecule has 3 aromatic rings. The van der Waals surface area contributed by atoms with E-state index in [4.69, 9.17) is 9.84 Å². The number of hydrogen-bond acceptors (Lipinski definition) is 3. The van der Waals surface area contributed by atoms with E-state index >= 15 is 0 Å². The fourth-order valence-electron chi connectivity index (χ4n) is 1.98. The maximum Gasteiger partial charge on any atom is 0.356 e. The number of rotatable bonds is 2. The van der Waals surface area contributed by atoms with Crippen molar-refractivity contribution >= 4 is 22.5 Å². The zero-order chi connectivity index (χ0) is 12.7. The fraction of sp³-hybridized carbons (Fsp3) is 0.0769. The Morgan fingerprint density at radius 3 is 2.89 bits per heavy atom. The number of carbonyl (C=O) groups is 1. The fourth-order valence-corrected chi connectivity index (χ4v) is 1.98. The van der Waals surface area contributed by atoms with Crippen molar-refractivity contribution < 1.29 is 14.6 Å². The van der Waals surface area contributed by atoms with Gasteiger partial charge in [-0.1, -0.05) is 0 Å². The molecule has 2 aromatic heterocycles. The van der Waals surface area contributed by atoms with E-state index in [0.717, 1.165) is 16.7 Å². The first kappa shape index (κ1) is 10.6. The lowest BCUT2D eigenvalue weighted by molar-refractivity contribution is 0.0691. The lowest BCUT2D eigenvalue weighted by atomic mass is 10.2. The van der Waals surface area contributed by atoms with Gasteiger partial charge < -0.3 is 9.84 Å². The molecule has 3 rings (SSSR count). The molecule has 0 fully saturated rings.